The van der Waals surface area contributed by atoms with Crippen LogP contribution in [0, 0.1) is 6.92 Å². The van der Waals surface area contributed by atoms with Crippen LogP contribution >= 0.6 is 0 Å². The number of hydrogen-bond acceptors (Lipinski definition) is 5. The maximum absolute atomic E-state index is 12.0. The van der Waals surface area contributed by atoms with Gasteiger partial charge in [0.1, 0.15) is 11.5 Å². The van der Waals surface area contributed by atoms with Gasteiger partial charge in [-0.15, -0.1) is 0 Å². The van der Waals surface area contributed by atoms with Crippen molar-refractivity contribution in [2.75, 3.05) is 13.1 Å². The predicted octanol–water partition coefficient (Wildman–Crippen LogP) is 1.81. The summed E-state index contributed by atoms with van der Waals surface area (Å²) < 4.78 is 34.4. The van der Waals surface area contributed by atoms with Gasteiger partial charge in [-0.25, -0.2) is 13.1 Å². The predicted molar refractivity (Wildman–Crippen MR) is 93.4 cm³/mol. The quantitative estimate of drug-likeness (QED) is 0.810. The van der Waals surface area contributed by atoms with Crippen LogP contribution in [0.25, 0.3) is 0 Å². The maximum atomic E-state index is 12.0. The fourth-order valence-electron chi connectivity index (χ4n) is 3.45. The summed E-state index contributed by atoms with van der Waals surface area (Å²) in [6.07, 6.45) is 4.13. The first kappa shape index (κ1) is 16.8. The molecule has 0 amide bonds. The van der Waals surface area contributed by atoms with E-state index in [9.17, 15) is 8.42 Å². The van der Waals surface area contributed by atoms with Crippen LogP contribution in [-0.4, -0.2) is 41.4 Å². The Labute approximate surface area is 148 Å². The highest BCUT2D eigenvalue weighted by Gasteiger charge is 2.35. The van der Waals surface area contributed by atoms with Crippen molar-refractivity contribution in [1.82, 2.24) is 19.4 Å². The van der Waals surface area contributed by atoms with Gasteiger partial charge < -0.3 is 4.42 Å². The number of hydrogen-bond donors (Lipinski definition) is 1. The SMILES string of the molecule is Cc1ccc(CN2Cc3ccnn3C(CCNS(=O)(=O)C3CC3)C2)o1. The van der Waals surface area contributed by atoms with E-state index in [0.29, 0.717) is 6.54 Å². The van der Waals surface area contributed by atoms with E-state index < -0.39 is 10.0 Å². The van der Waals surface area contributed by atoms with Crippen LogP contribution < -0.4 is 4.72 Å². The first-order valence-corrected chi connectivity index (χ1v) is 10.3. The minimum Gasteiger partial charge on any atom is -0.465 e. The molecule has 2 aromatic rings. The summed E-state index contributed by atoms with van der Waals surface area (Å²) in [5.41, 5.74) is 1.16. The average molecular weight is 364 g/mol. The van der Waals surface area contributed by atoms with Gasteiger partial charge in [0, 0.05) is 25.8 Å². The Morgan fingerprint density at radius 3 is 2.88 bits per heavy atom. The standard InChI is InChI=1S/C17H24N4O3S/c1-13-2-3-16(24-13)12-20-10-14-6-8-18-21(14)15(11-20)7-9-19-25(22,23)17-4-5-17/h2-3,6,8,15,17,19H,4-5,7,9-12H2,1H3. The minimum atomic E-state index is -3.12. The van der Waals surface area contributed by atoms with Gasteiger partial charge in [-0.05, 0) is 44.4 Å². The molecule has 25 heavy (non-hydrogen) atoms. The highest BCUT2D eigenvalue weighted by atomic mass is 32.2. The molecule has 7 nitrogen and oxygen atoms in total. The molecular formula is C17H24N4O3S. The molecule has 1 N–H and O–H groups in total. The Kier molecular flexibility index (Phi) is 4.43. The monoisotopic (exact) mass is 364 g/mol. The number of aromatic nitrogens is 2. The van der Waals surface area contributed by atoms with Crippen molar-refractivity contribution < 1.29 is 12.8 Å². The second-order valence-electron chi connectivity index (χ2n) is 7.03. The lowest BCUT2D eigenvalue weighted by Gasteiger charge is -2.33. The molecule has 1 aliphatic heterocycles. The molecule has 0 saturated heterocycles. The number of fused-ring (bicyclic) bond motifs is 1. The Bertz CT molecular complexity index is 838. The Hall–Kier alpha value is -1.64. The molecule has 1 aliphatic carbocycles. The van der Waals surface area contributed by atoms with Gasteiger partial charge in [0.2, 0.25) is 10.0 Å². The van der Waals surface area contributed by atoms with Crippen molar-refractivity contribution in [3.8, 4) is 0 Å². The molecule has 1 fully saturated rings. The number of nitrogens with zero attached hydrogens (tertiary/aromatic N) is 3. The van der Waals surface area contributed by atoms with Crippen LogP contribution in [0.15, 0.2) is 28.8 Å². The summed E-state index contributed by atoms with van der Waals surface area (Å²) in [5.74, 6) is 1.88. The molecule has 1 saturated carbocycles. The molecule has 1 unspecified atom stereocenters. The smallest absolute Gasteiger partial charge is 0.214 e. The molecule has 1 atom stereocenters. The lowest BCUT2D eigenvalue weighted by molar-refractivity contribution is 0.151. The van der Waals surface area contributed by atoms with E-state index in [1.165, 1.54) is 0 Å². The molecule has 0 bridgehead atoms. The highest BCUT2D eigenvalue weighted by molar-refractivity contribution is 7.90. The van der Waals surface area contributed by atoms with Gasteiger partial charge in [0.25, 0.3) is 0 Å². The number of aryl methyl sites for hydroxylation is 1. The van der Waals surface area contributed by atoms with Crippen molar-refractivity contribution in [3.63, 3.8) is 0 Å². The second kappa shape index (κ2) is 6.59. The summed E-state index contributed by atoms with van der Waals surface area (Å²) in [4.78, 5) is 2.33. The van der Waals surface area contributed by atoms with Crippen molar-refractivity contribution in [2.45, 2.75) is 50.6 Å². The van der Waals surface area contributed by atoms with Crippen LogP contribution in [-0.2, 0) is 23.1 Å². The summed E-state index contributed by atoms with van der Waals surface area (Å²) in [5, 5.41) is 4.27. The lowest BCUT2D eigenvalue weighted by atomic mass is 10.1. The topological polar surface area (TPSA) is 80.4 Å². The average Bonchev–Trinajstić information content (AvgIpc) is 3.20. The molecule has 2 aromatic heterocycles. The Balaban J connectivity index is 1.40. The molecule has 0 radical (unpaired) electrons. The molecule has 8 heteroatoms. The van der Waals surface area contributed by atoms with Crippen molar-refractivity contribution in [2.24, 2.45) is 0 Å². The largest absolute Gasteiger partial charge is 0.465 e. The van der Waals surface area contributed by atoms with E-state index in [1.54, 1.807) is 0 Å². The summed E-state index contributed by atoms with van der Waals surface area (Å²) >= 11 is 0. The van der Waals surface area contributed by atoms with E-state index in [0.717, 1.165) is 56.1 Å². The van der Waals surface area contributed by atoms with Crippen LogP contribution in [0.4, 0.5) is 0 Å². The van der Waals surface area contributed by atoms with Gasteiger partial charge in [0.15, 0.2) is 0 Å². The first-order valence-electron chi connectivity index (χ1n) is 8.80. The molecule has 4 rings (SSSR count). The van der Waals surface area contributed by atoms with Crippen LogP contribution in [0.2, 0.25) is 0 Å². The van der Waals surface area contributed by atoms with Crippen LogP contribution in [0.3, 0.4) is 0 Å². The van der Waals surface area contributed by atoms with E-state index in [4.69, 9.17) is 4.42 Å². The van der Waals surface area contributed by atoms with Crippen molar-refractivity contribution in [3.05, 3.63) is 41.6 Å². The van der Waals surface area contributed by atoms with Crippen molar-refractivity contribution >= 4 is 10.0 Å². The molecule has 0 spiro atoms. The maximum Gasteiger partial charge on any atom is 0.214 e. The third-order valence-electron chi connectivity index (χ3n) is 4.87. The van der Waals surface area contributed by atoms with E-state index in [-0.39, 0.29) is 11.3 Å². The first-order chi connectivity index (χ1) is 12.0. The van der Waals surface area contributed by atoms with E-state index >= 15 is 0 Å². The molecule has 136 valence electrons. The van der Waals surface area contributed by atoms with E-state index in [2.05, 4.69) is 14.7 Å². The molecule has 0 aromatic carbocycles. The highest BCUT2D eigenvalue weighted by Crippen LogP contribution is 2.28. The zero-order valence-corrected chi connectivity index (χ0v) is 15.2. The summed E-state index contributed by atoms with van der Waals surface area (Å²) in [7, 11) is -3.12. The van der Waals surface area contributed by atoms with Crippen LogP contribution in [0.1, 0.15) is 42.5 Å². The fraction of sp³-hybridized carbons (Fsp3) is 0.588. The van der Waals surface area contributed by atoms with Gasteiger partial charge in [-0.3, -0.25) is 9.58 Å². The molecule has 3 heterocycles. The fourth-order valence-corrected chi connectivity index (χ4v) is 4.85. The van der Waals surface area contributed by atoms with Crippen LogP contribution in [0.5, 0.6) is 0 Å². The zero-order chi connectivity index (χ0) is 17.4. The Morgan fingerprint density at radius 2 is 2.16 bits per heavy atom. The van der Waals surface area contributed by atoms with Gasteiger partial charge >= 0.3 is 0 Å². The zero-order valence-electron chi connectivity index (χ0n) is 14.4. The summed E-state index contributed by atoms with van der Waals surface area (Å²) in [6.45, 7) is 4.81. The van der Waals surface area contributed by atoms with Gasteiger partial charge in [-0.1, -0.05) is 0 Å². The third-order valence-corrected chi connectivity index (χ3v) is 6.83. The number of furan rings is 1. The Morgan fingerprint density at radius 1 is 1.32 bits per heavy atom. The minimum absolute atomic E-state index is 0.164. The second-order valence-corrected chi connectivity index (χ2v) is 9.08. The number of rotatable bonds is 7. The van der Waals surface area contributed by atoms with Crippen molar-refractivity contribution in [1.29, 1.82) is 0 Å². The molecule has 2 aliphatic rings. The normalized spacial score (nSPS) is 21.4. The third kappa shape index (κ3) is 3.80. The lowest BCUT2D eigenvalue weighted by Crippen LogP contribution is -2.39. The number of nitrogens with one attached hydrogen (secondary N) is 1. The number of sulfonamides is 1. The van der Waals surface area contributed by atoms with Gasteiger partial charge in [-0.2, -0.15) is 5.10 Å². The summed E-state index contributed by atoms with van der Waals surface area (Å²) in [6, 6.07) is 6.19. The van der Waals surface area contributed by atoms with E-state index in [1.807, 2.05) is 36.0 Å². The molecular weight excluding hydrogens is 340 g/mol. The van der Waals surface area contributed by atoms with Gasteiger partial charge in [0.05, 0.1) is 23.5 Å².